The maximum absolute atomic E-state index is 0. The molecule has 1 radical (unpaired) electrons. The fourth-order valence-electron chi connectivity index (χ4n) is 0. The van der Waals surface area contributed by atoms with Crippen LogP contribution >= 0.6 is 0 Å². The van der Waals surface area contributed by atoms with Crippen LogP contribution in [-0.4, -0.2) is 11.0 Å². The van der Waals surface area contributed by atoms with Crippen LogP contribution in [0.4, 0.5) is 0 Å². The molecule has 3 N–H and O–H groups in total. The maximum atomic E-state index is 0. The largest absolute Gasteiger partial charge is 0.344 e. The minimum atomic E-state index is 0. The molecule has 0 aliphatic carbocycles. The Morgan fingerprint density at radius 3 is 1.00 bits per heavy atom. The third kappa shape index (κ3) is 10.4. The van der Waals surface area contributed by atoms with Crippen LogP contribution in [0, 0.1) is 0 Å². The summed E-state index contributed by atoms with van der Waals surface area (Å²) < 4.78 is 0. The topological polar surface area (TPSA) is 35.0 Å². The van der Waals surface area contributed by atoms with Crippen LogP contribution in [0.15, 0.2) is 0 Å². The van der Waals surface area contributed by atoms with Gasteiger partial charge in [-0.2, -0.15) is 0 Å². The summed E-state index contributed by atoms with van der Waals surface area (Å²) in [4.78, 5) is 0. The smallest absolute Gasteiger partial charge is 0 e. The molecule has 0 unspecified atom stereocenters. The average Bonchev–Trinajstić information content (AvgIpc) is 0. The van der Waals surface area contributed by atoms with E-state index >= 15 is 0 Å². The second-order valence-corrected chi connectivity index (χ2v) is 0. The molecule has 0 heterocycles. The van der Waals surface area contributed by atoms with Crippen molar-refractivity contribution >= 4 is 11.0 Å². The van der Waals surface area contributed by atoms with Crippen LogP contribution in [-0.2, 0) is 35.6 Å². The van der Waals surface area contributed by atoms with Crippen molar-refractivity contribution in [3.05, 3.63) is 0 Å². The Labute approximate surface area is 52.9 Å². The van der Waals surface area contributed by atoms with E-state index in [2.05, 4.69) is 0 Å². The van der Waals surface area contributed by atoms with Gasteiger partial charge in [-0.1, -0.05) is 0 Å². The molecule has 0 aromatic heterocycles. The molecule has 0 fully saturated rings. The van der Waals surface area contributed by atoms with Crippen LogP contribution in [0.25, 0.3) is 0 Å². The van der Waals surface area contributed by atoms with E-state index in [0.29, 0.717) is 0 Å². The molecule has 0 atom stereocenters. The normalized spacial score (nSPS) is 0. The molecule has 0 aliphatic heterocycles. The summed E-state index contributed by atoms with van der Waals surface area (Å²) in [5, 5.41) is 0. The van der Waals surface area contributed by atoms with Gasteiger partial charge in [0, 0.05) is 35.6 Å². The molecule has 0 saturated carbocycles. The van der Waals surface area contributed by atoms with Gasteiger partial charge >= 0.3 is 0 Å². The molecular weight excluding hydrogens is 149 g/mol. The first-order valence-electron chi connectivity index (χ1n) is 0. The van der Waals surface area contributed by atoms with Crippen LogP contribution in [0.3, 0.4) is 0 Å². The summed E-state index contributed by atoms with van der Waals surface area (Å²) in [6, 6.07) is 0. The second kappa shape index (κ2) is 28.1. The van der Waals surface area contributed by atoms with Gasteiger partial charge in [-0.15, -0.1) is 0 Å². The average molecular weight is 156 g/mol. The van der Waals surface area contributed by atoms with Crippen LogP contribution < -0.4 is 6.15 Å². The summed E-state index contributed by atoms with van der Waals surface area (Å²) in [7, 11) is 0. The van der Waals surface area contributed by atoms with Crippen molar-refractivity contribution in [3.63, 3.8) is 0 Å². The van der Waals surface area contributed by atoms with Crippen LogP contribution in [0.1, 0.15) is 0 Å². The molecule has 0 aliphatic rings. The Morgan fingerprint density at radius 1 is 1.00 bits per heavy atom. The zero-order valence-electron chi connectivity index (χ0n) is 1.51. The maximum Gasteiger partial charge on any atom is 0 e. The van der Waals surface area contributed by atoms with Crippen molar-refractivity contribution < 1.29 is 35.6 Å². The van der Waals surface area contributed by atoms with Crippen molar-refractivity contribution in [2.45, 2.75) is 0 Å². The van der Waals surface area contributed by atoms with Gasteiger partial charge in [-0.05, 0) is 11.0 Å². The molecule has 0 bridgehead atoms. The van der Waals surface area contributed by atoms with E-state index in [1.807, 2.05) is 0 Å². The Kier molecular flexibility index (Phi) is 414. The molecule has 4 heteroatoms. The molecule has 0 aromatic rings. The first kappa shape index (κ1) is 59.0. The summed E-state index contributed by atoms with van der Waals surface area (Å²) in [5.41, 5.74) is 0. The standard InChI is InChI=1S/Fe.H3N.H4Si.V/h;1H3;1H4;. The van der Waals surface area contributed by atoms with Gasteiger partial charge in [0.1, 0.15) is 0 Å². The van der Waals surface area contributed by atoms with Crippen molar-refractivity contribution in [2.24, 2.45) is 0 Å². The molecular formula is H7FeNSiV. The Morgan fingerprint density at radius 2 is 1.00 bits per heavy atom. The molecule has 29 valence electrons. The van der Waals surface area contributed by atoms with Gasteiger partial charge in [0.05, 0.1) is 0 Å². The zero-order valence-corrected chi connectivity index (χ0v) is 4.01. The number of hydrogen-bond donors (Lipinski definition) is 1. The van der Waals surface area contributed by atoms with Gasteiger partial charge in [0.2, 0.25) is 0 Å². The third-order valence-electron chi connectivity index (χ3n) is 0. The number of rotatable bonds is 0. The second-order valence-electron chi connectivity index (χ2n) is 0. The number of hydrogen-bond acceptors (Lipinski definition) is 1. The Bertz CT molecular complexity index is 8.00. The molecule has 0 saturated heterocycles. The Hall–Kier alpha value is 1.28. The summed E-state index contributed by atoms with van der Waals surface area (Å²) in [6.07, 6.45) is 0. The van der Waals surface area contributed by atoms with E-state index < -0.39 is 0 Å². The fraction of sp³-hybridized carbons (Fsp3) is 0. The van der Waals surface area contributed by atoms with Gasteiger partial charge < -0.3 is 6.15 Å². The van der Waals surface area contributed by atoms with Gasteiger partial charge in [0.15, 0.2) is 0 Å². The fourth-order valence-corrected chi connectivity index (χ4v) is 0. The SMILES string of the molecule is N.[Fe].[SiH4].[V]. The van der Waals surface area contributed by atoms with Gasteiger partial charge in [0.25, 0.3) is 0 Å². The van der Waals surface area contributed by atoms with Gasteiger partial charge in [-0.25, -0.2) is 0 Å². The minimum Gasteiger partial charge on any atom is -0.344 e. The first-order valence-corrected chi connectivity index (χ1v) is 0. The molecule has 0 aromatic carbocycles. The summed E-state index contributed by atoms with van der Waals surface area (Å²) >= 11 is 0. The molecule has 0 amide bonds. The third-order valence-corrected chi connectivity index (χ3v) is 0. The van der Waals surface area contributed by atoms with Crippen molar-refractivity contribution in [1.82, 2.24) is 6.15 Å². The first-order chi connectivity index (χ1) is 0. The van der Waals surface area contributed by atoms with Crippen molar-refractivity contribution in [2.75, 3.05) is 0 Å². The van der Waals surface area contributed by atoms with E-state index in [4.69, 9.17) is 0 Å². The monoisotopic (exact) mass is 156 g/mol. The van der Waals surface area contributed by atoms with Crippen LogP contribution in [0.2, 0.25) is 0 Å². The van der Waals surface area contributed by atoms with Crippen LogP contribution in [0.5, 0.6) is 0 Å². The van der Waals surface area contributed by atoms with E-state index in [0.717, 1.165) is 0 Å². The van der Waals surface area contributed by atoms with E-state index in [9.17, 15) is 0 Å². The molecule has 1 nitrogen and oxygen atoms in total. The Balaban J connectivity index is 0. The van der Waals surface area contributed by atoms with E-state index in [-0.39, 0.29) is 52.7 Å². The quantitative estimate of drug-likeness (QED) is 0.435. The molecule has 4 heavy (non-hydrogen) atoms. The van der Waals surface area contributed by atoms with Crippen molar-refractivity contribution in [3.8, 4) is 0 Å². The predicted octanol–water partition coefficient (Wildman–Crippen LogP) is -1.29. The summed E-state index contributed by atoms with van der Waals surface area (Å²) in [5.74, 6) is 0. The van der Waals surface area contributed by atoms with E-state index in [1.54, 1.807) is 0 Å². The zero-order chi connectivity index (χ0) is 0. The summed E-state index contributed by atoms with van der Waals surface area (Å²) in [6.45, 7) is 0. The van der Waals surface area contributed by atoms with Gasteiger partial charge in [-0.3, -0.25) is 0 Å². The van der Waals surface area contributed by atoms with E-state index in [1.165, 1.54) is 0 Å². The molecule has 0 rings (SSSR count). The van der Waals surface area contributed by atoms with Crippen molar-refractivity contribution in [1.29, 1.82) is 0 Å². The minimum absolute atomic E-state index is 0. The predicted molar refractivity (Wildman–Crippen MR) is 16.4 cm³/mol. The molecule has 0 spiro atoms.